The number of sulfonamides is 1. The van der Waals surface area contributed by atoms with E-state index >= 15 is 0 Å². The molecule has 0 unspecified atom stereocenters. The maximum absolute atomic E-state index is 12.8. The first-order valence-electron chi connectivity index (χ1n) is 9.18. The third-order valence-corrected chi connectivity index (χ3v) is 6.54. The van der Waals surface area contributed by atoms with Crippen molar-refractivity contribution in [3.63, 3.8) is 0 Å². The van der Waals surface area contributed by atoms with Crippen molar-refractivity contribution < 1.29 is 27.5 Å². The Morgan fingerprint density at radius 3 is 2.60 bits per heavy atom. The molecule has 160 valence electrons. The fourth-order valence-electron chi connectivity index (χ4n) is 2.91. The molecule has 1 aliphatic rings. The molecular weight excluding hydrogens is 432 g/mol. The lowest BCUT2D eigenvalue weighted by molar-refractivity contribution is -0.118. The van der Waals surface area contributed by atoms with Gasteiger partial charge in [0.2, 0.25) is 10.0 Å². The molecule has 2 aromatic rings. The van der Waals surface area contributed by atoms with Gasteiger partial charge >= 0.3 is 0 Å². The minimum atomic E-state index is -3.67. The lowest BCUT2D eigenvalue weighted by atomic mass is 10.1. The van der Waals surface area contributed by atoms with Crippen LogP contribution in [-0.2, 0) is 19.6 Å². The molecule has 1 saturated heterocycles. The topological polar surface area (TPSA) is 102 Å². The van der Waals surface area contributed by atoms with Crippen molar-refractivity contribution in [2.45, 2.75) is 11.8 Å². The number of anilines is 1. The molecule has 8 nitrogen and oxygen atoms in total. The van der Waals surface area contributed by atoms with Crippen LogP contribution in [0.5, 0.6) is 5.75 Å². The first kappa shape index (κ1) is 22.2. The van der Waals surface area contributed by atoms with Crippen LogP contribution in [0.2, 0.25) is 5.02 Å². The monoisotopic (exact) mass is 452 g/mol. The first-order valence-corrected chi connectivity index (χ1v) is 11.0. The van der Waals surface area contributed by atoms with Crippen LogP contribution in [-0.4, -0.2) is 57.3 Å². The number of morpholine rings is 1. The smallest absolute Gasteiger partial charge is 0.262 e. The van der Waals surface area contributed by atoms with Gasteiger partial charge in [-0.1, -0.05) is 17.7 Å². The Kier molecular flexibility index (Phi) is 7.09. The summed E-state index contributed by atoms with van der Waals surface area (Å²) in [6.07, 6.45) is 0. The Bertz CT molecular complexity index is 1050. The van der Waals surface area contributed by atoms with Crippen molar-refractivity contribution in [2.24, 2.45) is 0 Å². The number of halogens is 1. The van der Waals surface area contributed by atoms with Crippen LogP contribution in [0.25, 0.3) is 0 Å². The second-order valence-corrected chi connectivity index (χ2v) is 8.95. The number of ether oxygens (including phenoxy) is 2. The average Bonchev–Trinajstić information content (AvgIpc) is 2.73. The molecule has 1 N–H and O–H groups in total. The SMILES string of the molecule is CC(=O)c1cc(Cl)ccc1OCC(=O)Nc1cccc(S(=O)(=O)N2CCOCC2)c1. The van der Waals surface area contributed by atoms with Gasteiger partial charge in [0.25, 0.3) is 5.91 Å². The number of ketones is 1. The predicted octanol–water partition coefficient (Wildman–Crippen LogP) is 2.58. The molecule has 30 heavy (non-hydrogen) atoms. The Balaban J connectivity index is 1.67. The van der Waals surface area contributed by atoms with E-state index in [1.165, 1.54) is 35.5 Å². The van der Waals surface area contributed by atoms with E-state index < -0.39 is 15.9 Å². The molecule has 1 aliphatic heterocycles. The van der Waals surface area contributed by atoms with Gasteiger partial charge in [0.15, 0.2) is 12.4 Å². The fourth-order valence-corrected chi connectivity index (χ4v) is 4.54. The van der Waals surface area contributed by atoms with Crippen molar-refractivity contribution >= 4 is 39.0 Å². The highest BCUT2D eigenvalue weighted by atomic mass is 35.5. The van der Waals surface area contributed by atoms with Crippen LogP contribution in [0, 0.1) is 0 Å². The fraction of sp³-hybridized carbons (Fsp3) is 0.300. The van der Waals surface area contributed by atoms with Crippen molar-refractivity contribution in [1.82, 2.24) is 4.31 Å². The highest BCUT2D eigenvalue weighted by Gasteiger charge is 2.26. The summed E-state index contributed by atoms with van der Waals surface area (Å²) in [5.74, 6) is -0.500. The molecule has 0 bridgehead atoms. The summed E-state index contributed by atoms with van der Waals surface area (Å²) in [7, 11) is -3.67. The second kappa shape index (κ2) is 9.57. The Labute approximate surface area is 179 Å². The lowest BCUT2D eigenvalue weighted by Crippen LogP contribution is -2.40. The summed E-state index contributed by atoms with van der Waals surface area (Å²) in [6.45, 7) is 2.28. The highest BCUT2D eigenvalue weighted by molar-refractivity contribution is 7.89. The van der Waals surface area contributed by atoms with Crippen LogP contribution < -0.4 is 10.1 Å². The Morgan fingerprint density at radius 1 is 1.17 bits per heavy atom. The summed E-state index contributed by atoms with van der Waals surface area (Å²) in [5, 5.41) is 2.99. The summed E-state index contributed by atoms with van der Waals surface area (Å²) < 4.78 is 37.5. The molecule has 0 aromatic heterocycles. The number of hydrogen-bond acceptors (Lipinski definition) is 6. The van der Waals surface area contributed by atoms with E-state index in [0.29, 0.717) is 23.9 Å². The van der Waals surface area contributed by atoms with E-state index in [1.807, 2.05) is 0 Å². The number of carbonyl (C=O) groups is 2. The summed E-state index contributed by atoms with van der Waals surface area (Å²) in [4.78, 5) is 24.1. The van der Waals surface area contributed by atoms with Crippen LogP contribution in [0.4, 0.5) is 5.69 Å². The summed E-state index contributed by atoms with van der Waals surface area (Å²) in [6, 6.07) is 10.5. The third kappa shape index (κ3) is 5.37. The largest absolute Gasteiger partial charge is 0.483 e. The lowest BCUT2D eigenvalue weighted by Gasteiger charge is -2.26. The molecule has 1 fully saturated rings. The number of rotatable bonds is 7. The first-order chi connectivity index (χ1) is 14.3. The van der Waals surface area contributed by atoms with Gasteiger partial charge in [0.05, 0.1) is 23.7 Å². The zero-order valence-corrected chi connectivity index (χ0v) is 17.8. The number of nitrogens with zero attached hydrogens (tertiary/aromatic N) is 1. The van der Waals surface area contributed by atoms with Gasteiger partial charge in [-0.3, -0.25) is 9.59 Å². The van der Waals surface area contributed by atoms with E-state index in [4.69, 9.17) is 21.1 Å². The van der Waals surface area contributed by atoms with Gasteiger partial charge in [0.1, 0.15) is 5.75 Å². The molecule has 2 aromatic carbocycles. The molecule has 0 saturated carbocycles. The Hall–Kier alpha value is -2.46. The summed E-state index contributed by atoms with van der Waals surface area (Å²) >= 11 is 5.89. The van der Waals surface area contributed by atoms with Gasteiger partial charge in [-0.2, -0.15) is 4.31 Å². The van der Waals surface area contributed by atoms with Crippen molar-refractivity contribution in [1.29, 1.82) is 0 Å². The van der Waals surface area contributed by atoms with Crippen molar-refractivity contribution in [2.75, 3.05) is 38.2 Å². The summed E-state index contributed by atoms with van der Waals surface area (Å²) in [5.41, 5.74) is 0.592. The normalized spacial score (nSPS) is 14.9. The number of hydrogen-bond donors (Lipinski definition) is 1. The van der Waals surface area contributed by atoms with E-state index in [9.17, 15) is 18.0 Å². The molecule has 0 aliphatic carbocycles. The molecule has 1 amide bonds. The van der Waals surface area contributed by atoms with Crippen LogP contribution >= 0.6 is 11.6 Å². The van der Waals surface area contributed by atoms with Crippen molar-refractivity contribution in [3.8, 4) is 5.75 Å². The standard InChI is InChI=1S/C20H21ClN2O6S/c1-14(24)18-11-15(21)5-6-19(18)29-13-20(25)22-16-3-2-4-17(12-16)30(26,27)23-7-9-28-10-8-23/h2-6,11-12H,7-10,13H2,1H3,(H,22,25). The third-order valence-electron chi connectivity index (χ3n) is 4.41. The molecule has 1 heterocycles. The van der Waals surface area contributed by atoms with E-state index in [2.05, 4.69) is 5.32 Å². The Morgan fingerprint density at radius 2 is 1.90 bits per heavy atom. The highest BCUT2D eigenvalue weighted by Crippen LogP contribution is 2.24. The minimum absolute atomic E-state index is 0.0830. The maximum atomic E-state index is 12.8. The number of carbonyl (C=O) groups excluding carboxylic acids is 2. The van der Waals surface area contributed by atoms with E-state index in [-0.39, 0.29) is 41.7 Å². The quantitative estimate of drug-likeness (QED) is 0.648. The maximum Gasteiger partial charge on any atom is 0.262 e. The van der Waals surface area contributed by atoms with Gasteiger partial charge in [-0.05, 0) is 43.3 Å². The zero-order chi connectivity index (χ0) is 21.7. The predicted molar refractivity (Wildman–Crippen MR) is 112 cm³/mol. The minimum Gasteiger partial charge on any atom is -0.483 e. The molecule has 0 atom stereocenters. The van der Waals surface area contributed by atoms with E-state index in [0.717, 1.165) is 0 Å². The average molecular weight is 453 g/mol. The molecule has 0 spiro atoms. The van der Waals surface area contributed by atoms with Crippen LogP contribution in [0.3, 0.4) is 0 Å². The van der Waals surface area contributed by atoms with Gasteiger partial charge in [-0.15, -0.1) is 0 Å². The zero-order valence-electron chi connectivity index (χ0n) is 16.3. The van der Waals surface area contributed by atoms with Gasteiger partial charge < -0.3 is 14.8 Å². The van der Waals surface area contributed by atoms with Crippen molar-refractivity contribution in [3.05, 3.63) is 53.1 Å². The second-order valence-electron chi connectivity index (χ2n) is 6.58. The number of Topliss-reactive ketones (excluding diaryl/α,β-unsaturated/α-hetero) is 1. The molecule has 10 heteroatoms. The van der Waals surface area contributed by atoms with Crippen LogP contribution in [0.15, 0.2) is 47.4 Å². The number of amides is 1. The number of nitrogens with one attached hydrogen (secondary N) is 1. The molecule has 3 rings (SSSR count). The van der Waals surface area contributed by atoms with Gasteiger partial charge in [-0.25, -0.2) is 8.42 Å². The molecule has 0 radical (unpaired) electrons. The number of benzene rings is 2. The van der Waals surface area contributed by atoms with Gasteiger partial charge in [0, 0.05) is 23.8 Å². The van der Waals surface area contributed by atoms with E-state index in [1.54, 1.807) is 18.2 Å². The van der Waals surface area contributed by atoms with Crippen LogP contribution in [0.1, 0.15) is 17.3 Å². The molecular formula is C20H21ClN2O6S.